The van der Waals surface area contributed by atoms with Gasteiger partial charge in [-0.3, -0.25) is 0 Å². The molecule has 23 heavy (non-hydrogen) atoms. The van der Waals surface area contributed by atoms with Gasteiger partial charge in [-0.15, -0.1) is 0 Å². The lowest BCUT2D eigenvalue weighted by Crippen LogP contribution is -2.36. The Hall–Kier alpha value is -2.21. The van der Waals surface area contributed by atoms with E-state index >= 15 is 0 Å². The van der Waals surface area contributed by atoms with Crippen molar-refractivity contribution in [3.05, 3.63) is 60.0 Å². The molecule has 0 N–H and O–H groups in total. The summed E-state index contributed by atoms with van der Waals surface area (Å²) in [7, 11) is -3.17. The molecule has 1 saturated carbocycles. The number of fused-ring (bicyclic) bond motifs is 1. The Bertz CT molecular complexity index is 938. The maximum absolute atomic E-state index is 11.6. The fraction of sp³-hybridized carbons (Fsp3) is 0.294. The molecule has 2 heterocycles. The lowest BCUT2D eigenvalue weighted by atomic mass is 9.62. The Morgan fingerprint density at radius 2 is 1.91 bits per heavy atom. The number of aromatic nitrogens is 3. The molecular formula is C17H17N3O2S. The van der Waals surface area contributed by atoms with Gasteiger partial charge in [-0.1, -0.05) is 18.6 Å². The van der Waals surface area contributed by atoms with Gasteiger partial charge in [0.05, 0.1) is 10.6 Å². The van der Waals surface area contributed by atoms with Crippen LogP contribution in [0.2, 0.25) is 0 Å². The maximum Gasteiger partial charge on any atom is 0.175 e. The van der Waals surface area contributed by atoms with Crippen molar-refractivity contribution in [1.29, 1.82) is 0 Å². The van der Waals surface area contributed by atoms with Gasteiger partial charge in [0.2, 0.25) is 0 Å². The average Bonchev–Trinajstić information content (AvgIpc) is 2.89. The van der Waals surface area contributed by atoms with Gasteiger partial charge in [-0.05, 0) is 36.6 Å². The molecule has 3 aromatic rings. The summed E-state index contributed by atoms with van der Waals surface area (Å²) in [6, 6.07) is 11.1. The summed E-state index contributed by atoms with van der Waals surface area (Å²) >= 11 is 0. The first-order chi connectivity index (χ1) is 11.0. The topological polar surface area (TPSA) is 64.3 Å². The molecular weight excluding hydrogens is 310 g/mol. The third-order valence-corrected chi connectivity index (χ3v) is 5.90. The largest absolute Gasteiger partial charge is 0.237 e. The molecule has 118 valence electrons. The minimum Gasteiger partial charge on any atom is -0.237 e. The van der Waals surface area contributed by atoms with Crippen molar-refractivity contribution < 1.29 is 8.42 Å². The van der Waals surface area contributed by atoms with Gasteiger partial charge in [0.15, 0.2) is 15.5 Å². The summed E-state index contributed by atoms with van der Waals surface area (Å²) < 4.78 is 25.1. The van der Waals surface area contributed by atoms with Gasteiger partial charge in [-0.2, -0.15) is 5.10 Å². The first kappa shape index (κ1) is 14.4. The molecule has 1 aliphatic rings. The molecule has 1 aliphatic carbocycles. The van der Waals surface area contributed by atoms with E-state index in [2.05, 4.69) is 4.98 Å². The zero-order chi connectivity index (χ0) is 16.1. The fourth-order valence-electron chi connectivity index (χ4n) is 3.31. The Morgan fingerprint density at radius 3 is 2.48 bits per heavy atom. The minimum absolute atomic E-state index is 0.121. The Kier molecular flexibility index (Phi) is 3.06. The predicted octanol–water partition coefficient (Wildman–Crippen LogP) is 2.60. The summed E-state index contributed by atoms with van der Waals surface area (Å²) in [6.45, 7) is 0. The lowest BCUT2D eigenvalue weighted by Gasteiger charge is -2.41. The molecule has 0 bridgehead atoms. The van der Waals surface area contributed by atoms with E-state index in [0.29, 0.717) is 4.90 Å². The number of hydrogen-bond donors (Lipinski definition) is 0. The summed E-state index contributed by atoms with van der Waals surface area (Å²) in [5.41, 5.74) is 2.85. The monoisotopic (exact) mass is 327 g/mol. The highest BCUT2D eigenvalue weighted by atomic mass is 32.2. The highest BCUT2D eigenvalue weighted by Crippen LogP contribution is 2.48. The number of benzene rings is 1. The van der Waals surface area contributed by atoms with Crippen molar-refractivity contribution in [3.8, 4) is 0 Å². The Labute approximate surface area is 134 Å². The van der Waals surface area contributed by atoms with E-state index in [0.717, 1.165) is 36.2 Å². The normalized spacial score (nSPS) is 17.1. The molecule has 0 amide bonds. The van der Waals surface area contributed by atoms with Gasteiger partial charge in [0.25, 0.3) is 0 Å². The van der Waals surface area contributed by atoms with Crippen LogP contribution in [-0.2, 0) is 15.3 Å². The summed E-state index contributed by atoms with van der Waals surface area (Å²) in [4.78, 5) is 4.69. The lowest BCUT2D eigenvalue weighted by molar-refractivity contribution is 0.292. The van der Waals surface area contributed by atoms with Crippen LogP contribution in [0, 0.1) is 0 Å². The van der Waals surface area contributed by atoms with Crippen molar-refractivity contribution in [1.82, 2.24) is 14.6 Å². The zero-order valence-corrected chi connectivity index (χ0v) is 13.6. The van der Waals surface area contributed by atoms with Crippen LogP contribution in [0.1, 0.15) is 30.5 Å². The summed E-state index contributed by atoms with van der Waals surface area (Å²) in [6.07, 6.45) is 8.08. The molecule has 0 saturated heterocycles. The first-order valence-electron chi connectivity index (χ1n) is 7.61. The van der Waals surface area contributed by atoms with Crippen molar-refractivity contribution in [2.45, 2.75) is 29.6 Å². The summed E-state index contributed by atoms with van der Waals surface area (Å²) in [5.74, 6) is 0. The van der Waals surface area contributed by atoms with E-state index < -0.39 is 9.84 Å². The molecule has 0 atom stereocenters. The fourth-order valence-corrected chi connectivity index (χ4v) is 3.94. The van der Waals surface area contributed by atoms with Crippen LogP contribution < -0.4 is 0 Å². The van der Waals surface area contributed by atoms with Gasteiger partial charge in [0.1, 0.15) is 0 Å². The SMILES string of the molecule is CS(=O)(=O)c1ccc(C2(c3cc4ncccn4n3)CCC2)cc1. The molecule has 0 unspecified atom stereocenters. The van der Waals surface area contributed by atoms with Gasteiger partial charge in [-0.25, -0.2) is 17.9 Å². The van der Waals surface area contributed by atoms with Crippen LogP contribution in [0.5, 0.6) is 0 Å². The Balaban J connectivity index is 1.80. The third kappa shape index (κ3) is 2.25. The average molecular weight is 327 g/mol. The highest BCUT2D eigenvalue weighted by molar-refractivity contribution is 7.90. The van der Waals surface area contributed by atoms with Crippen molar-refractivity contribution in [2.75, 3.05) is 6.26 Å². The quantitative estimate of drug-likeness (QED) is 0.742. The van der Waals surface area contributed by atoms with Crippen molar-refractivity contribution in [2.24, 2.45) is 0 Å². The predicted molar refractivity (Wildman–Crippen MR) is 87.2 cm³/mol. The molecule has 2 aromatic heterocycles. The highest BCUT2D eigenvalue weighted by Gasteiger charge is 2.42. The van der Waals surface area contributed by atoms with E-state index in [9.17, 15) is 8.42 Å². The van der Waals surface area contributed by atoms with Crippen LogP contribution in [-0.4, -0.2) is 29.3 Å². The van der Waals surface area contributed by atoms with Crippen molar-refractivity contribution in [3.63, 3.8) is 0 Å². The van der Waals surface area contributed by atoms with Crippen molar-refractivity contribution >= 4 is 15.5 Å². The second kappa shape index (κ2) is 4.89. The van der Waals surface area contributed by atoms with Crippen LogP contribution in [0.15, 0.2) is 53.7 Å². The van der Waals surface area contributed by atoms with Crippen LogP contribution in [0.25, 0.3) is 5.65 Å². The summed E-state index contributed by atoms with van der Waals surface area (Å²) in [5, 5.41) is 4.69. The second-order valence-corrected chi connectivity index (χ2v) is 8.20. The molecule has 0 radical (unpaired) electrons. The second-order valence-electron chi connectivity index (χ2n) is 6.18. The smallest absolute Gasteiger partial charge is 0.175 e. The molecule has 0 aliphatic heterocycles. The zero-order valence-electron chi connectivity index (χ0n) is 12.8. The van der Waals surface area contributed by atoms with E-state index in [1.54, 1.807) is 22.8 Å². The van der Waals surface area contributed by atoms with Crippen LogP contribution in [0.3, 0.4) is 0 Å². The molecule has 6 heteroatoms. The number of hydrogen-bond acceptors (Lipinski definition) is 4. The first-order valence-corrected chi connectivity index (χ1v) is 9.50. The van der Waals surface area contributed by atoms with Gasteiger partial charge < -0.3 is 0 Å². The minimum atomic E-state index is -3.17. The number of sulfone groups is 1. The van der Waals surface area contributed by atoms with E-state index in [1.165, 1.54) is 6.26 Å². The number of rotatable bonds is 3. The maximum atomic E-state index is 11.6. The van der Waals surface area contributed by atoms with Gasteiger partial charge in [0, 0.05) is 30.1 Å². The van der Waals surface area contributed by atoms with E-state index in [4.69, 9.17) is 5.10 Å². The number of nitrogens with zero attached hydrogens (tertiary/aromatic N) is 3. The molecule has 0 spiro atoms. The standard InChI is InChI=1S/C17H17N3O2S/c1-23(21,22)14-6-4-13(5-7-14)17(8-2-9-17)15-12-16-18-10-3-11-20(16)19-15/h3-7,10-12H,2,8-9H2,1H3. The molecule has 1 fully saturated rings. The van der Waals surface area contributed by atoms with Crippen LogP contribution >= 0.6 is 0 Å². The Morgan fingerprint density at radius 1 is 1.17 bits per heavy atom. The molecule has 1 aromatic carbocycles. The third-order valence-electron chi connectivity index (χ3n) is 4.77. The van der Waals surface area contributed by atoms with E-state index in [-0.39, 0.29) is 5.41 Å². The molecule has 5 nitrogen and oxygen atoms in total. The van der Waals surface area contributed by atoms with Crippen LogP contribution in [0.4, 0.5) is 0 Å². The molecule has 4 rings (SSSR count). The van der Waals surface area contributed by atoms with Gasteiger partial charge >= 0.3 is 0 Å². The van der Waals surface area contributed by atoms with E-state index in [1.807, 2.05) is 30.5 Å².